The van der Waals surface area contributed by atoms with E-state index in [0.29, 0.717) is 31.7 Å². The minimum atomic E-state index is -3.48. The minimum Gasteiger partial charge on any atom is -0.314 e. The van der Waals surface area contributed by atoms with Crippen molar-refractivity contribution in [2.45, 2.75) is 11.8 Å². The van der Waals surface area contributed by atoms with Crippen molar-refractivity contribution in [3.63, 3.8) is 0 Å². The summed E-state index contributed by atoms with van der Waals surface area (Å²) in [5.41, 5.74) is 0.422. The molecular weight excluding hydrogens is 288 g/mol. The molecule has 5 nitrogen and oxygen atoms in total. The molecule has 1 aromatic carbocycles. The van der Waals surface area contributed by atoms with E-state index in [2.05, 4.69) is 5.32 Å². The summed E-state index contributed by atoms with van der Waals surface area (Å²) in [6.07, 6.45) is 0. The van der Waals surface area contributed by atoms with Crippen LogP contribution in [-0.4, -0.2) is 44.7 Å². The molecular formula is C12H17ClN2O3S. The van der Waals surface area contributed by atoms with Crippen LogP contribution in [0.5, 0.6) is 0 Å². The van der Waals surface area contributed by atoms with Gasteiger partial charge in [0.05, 0.1) is 4.90 Å². The average molecular weight is 305 g/mol. The minimum absolute atomic E-state index is 0. The maximum Gasteiger partial charge on any atom is 0.243 e. The molecule has 7 heteroatoms. The second-order valence-corrected chi connectivity index (χ2v) is 6.18. The maximum absolute atomic E-state index is 12.3. The van der Waals surface area contributed by atoms with E-state index in [4.69, 9.17) is 0 Å². The van der Waals surface area contributed by atoms with Crippen molar-refractivity contribution in [1.82, 2.24) is 9.62 Å². The topological polar surface area (TPSA) is 66.5 Å². The highest BCUT2D eigenvalue weighted by atomic mass is 35.5. The lowest BCUT2D eigenvalue weighted by atomic mass is 10.2. The van der Waals surface area contributed by atoms with Crippen LogP contribution in [0.3, 0.4) is 0 Å². The normalized spacial score (nSPS) is 16.7. The number of benzene rings is 1. The van der Waals surface area contributed by atoms with Gasteiger partial charge in [-0.1, -0.05) is 12.1 Å². The molecule has 19 heavy (non-hydrogen) atoms. The van der Waals surface area contributed by atoms with Crippen molar-refractivity contribution in [2.75, 3.05) is 26.2 Å². The van der Waals surface area contributed by atoms with Gasteiger partial charge in [-0.05, 0) is 19.1 Å². The van der Waals surface area contributed by atoms with E-state index in [0.717, 1.165) is 0 Å². The van der Waals surface area contributed by atoms with E-state index in [9.17, 15) is 13.2 Å². The number of rotatable bonds is 3. The average Bonchev–Trinajstić information content (AvgIpc) is 2.40. The van der Waals surface area contributed by atoms with E-state index in [1.165, 1.54) is 23.4 Å². The number of nitrogens with zero attached hydrogens (tertiary/aromatic N) is 1. The molecule has 0 bridgehead atoms. The summed E-state index contributed by atoms with van der Waals surface area (Å²) in [6, 6.07) is 6.20. The quantitative estimate of drug-likeness (QED) is 0.843. The van der Waals surface area contributed by atoms with Crippen molar-refractivity contribution >= 4 is 28.2 Å². The summed E-state index contributed by atoms with van der Waals surface area (Å²) < 4.78 is 26.1. The smallest absolute Gasteiger partial charge is 0.243 e. The van der Waals surface area contributed by atoms with Crippen LogP contribution in [0.4, 0.5) is 0 Å². The fourth-order valence-corrected chi connectivity index (χ4v) is 3.40. The third-order valence-corrected chi connectivity index (χ3v) is 4.85. The Bertz CT molecular complexity index is 554. The zero-order valence-electron chi connectivity index (χ0n) is 10.6. The Morgan fingerprint density at radius 2 is 1.89 bits per heavy atom. The molecule has 2 rings (SSSR count). The van der Waals surface area contributed by atoms with Crippen LogP contribution in [0.2, 0.25) is 0 Å². The van der Waals surface area contributed by atoms with Gasteiger partial charge >= 0.3 is 0 Å². The molecule has 1 aliphatic heterocycles. The Hall–Kier alpha value is -0.950. The number of carbonyl (C=O) groups is 1. The van der Waals surface area contributed by atoms with Gasteiger partial charge in [0.25, 0.3) is 0 Å². The van der Waals surface area contributed by atoms with Gasteiger partial charge in [-0.25, -0.2) is 8.42 Å². The van der Waals surface area contributed by atoms with Crippen LogP contribution in [-0.2, 0) is 10.0 Å². The van der Waals surface area contributed by atoms with E-state index < -0.39 is 10.0 Å². The Morgan fingerprint density at radius 3 is 2.47 bits per heavy atom. The zero-order chi connectivity index (χ0) is 13.2. The molecule has 0 atom stereocenters. The predicted octanol–water partition coefficient (Wildman–Crippen LogP) is 0.905. The highest BCUT2D eigenvalue weighted by molar-refractivity contribution is 7.89. The summed E-state index contributed by atoms with van der Waals surface area (Å²) in [5.74, 6) is -0.132. The molecule has 1 aromatic rings. The molecule has 0 radical (unpaired) electrons. The Balaban J connectivity index is 0.00000180. The Labute approximate surface area is 119 Å². The van der Waals surface area contributed by atoms with E-state index >= 15 is 0 Å². The summed E-state index contributed by atoms with van der Waals surface area (Å²) in [5, 5.41) is 3.11. The molecule has 1 heterocycles. The largest absolute Gasteiger partial charge is 0.314 e. The number of ketones is 1. The number of hydrogen-bond acceptors (Lipinski definition) is 4. The Kier molecular flexibility index (Phi) is 5.49. The van der Waals surface area contributed by atoms with Gasteiger partial charge in [-0.2, -0.15) is 4.31 Å². The molecule has 0 aromatic heterocycles. The highest BCUT2D eigenvalue weighted by Crippen LogP contribution is 2.17. The van der Waals surface area contributed by atoms with Crippen molar-refractivity contribution in [2.24, 2.45) is 0 Å². The lowest BCUT2D eigenvalue weighted by molar-refractivity contribution is 0.101. The molecule has 0 aliphatic carbocycles. The summed E-state index contributed by atoms with van der Waals surface area (Å²) >= 11 is 0. The van der Waals surface area contributed by atoms with Crippen LogP contribution in [0.15, 0.2) is 29.2 Å². The molecule has 0 spiro atoms. The molecule has 0 unspecified atom stereocenters. The monoisotopic (exact) mass is 304 g/mol. The third-order valence-electron chi connectivity index (χ3n) is 2.95. The number of halogens is 1. The van der Waals surface area contributed by atoms with E-state index in [-0.39, 0.29) is 23.1 Å². The number of sulfonamides is 1. The lowest BCUT2D eigenvalue weighted by Gasteiger charge is -2.26. The third kappa shape index (κ3) is 3.54. The summed E-state index contributed by atoms with van der Waals surface area (Å²) in [4.78, 5) is 11.5. The van der Waals surface area contributed by atoms with Crippen LogP contribution in [0.1, 0.15) is 17.3 Å². The zero-order valence-corrected chi connectivity index (χ0v) is 12.3. The van der Waals surface area contributed by atoms with Crippen LogP contribution >= 0.6 is 12.4 Å². The van der Waals surface area contributed by atoms with Crippen molar-refractivity contribution in [1.29, 1.82) is 0 Å². The molecule has 1 aliphatic rings. The van der Waals surface area contributed by atoms with Gasteiger partial charge in [0.15, 0.2) is 5.78 Å². The highest BCUT2D eigenvalue weighted by Gasteiger charge is 2.25. The van der Waals surface area contributed by atoms with E-state index in [1.54, 1.807) is 12.1 Å². The van der Waals surface area contributed by atoms with Crippen molar-refractivity contribution in [3.8, 4) is 0 Å². The van der Waals surface area contributed by atoms with Gasteiger partial charge in [0.2, 0.25) is 10.0 Å². The fourth-order valence-electron chi connectivity index (χ4n) is 1.91. The first-order valence-electron chi connectivity index (χ1n) is 5.84. The summed E-state index contributed by atoms with van der Waals surface area (Å²) in [7, 11) is -3.48. The standard InChI is InChI=1S/C12H16N2O3S.ClH/c1-10(15)11-3-2-4-12(9-11)18(16,17)14-7-5-13-6-8-14;/h2-4,9,13H,5-8H2,1H3;1H. The molecule has 0 saturated carbocycles. The number of hydrogen-bond donors (Lipinski definition) is 1. The van der Waals surface area contributed by atoms with Gasteiger partial charge in [-0.15, -0.1) is 12.4 Å². The first-order chi connectivity index (χ1) is 8.51. The van der Waals surface area contributed by atoms with Crippen LogP contribution in [0.25, 0.3) is 0 Å². The number of carbonyl (C=O) groups excluding carboxylic acids is 1. The Morgan fingerprint density at radius 1 is 1.26 bits per heavy atom. The molecule has 1 N–H and O–H groups in total. The van der Waals surface area contributed by atoms with Gasteiger partial charge in [0, 0.05) is 31.7 Å². The van der Waals surface area contributed by atoms with Crippen LogP contribution in [0, 0.1) is 0 Å². The lowest BCUT2D eigenvalue weighted by Crippen LogP contribution is -2.46. The molecule has 0 amide bonds. The number of piperazine rings is 1. The first kappa shape index (κ1) is 16.1. The maximum atomic E-state index is 12.3. The predicted molar refractivity (Wildman–Crippen MR) is 75.3 cm³/mol. The first-order valence-corrected chi connectivity index (χ1v) is 7.28. The fraction of sp³-hybridized carbons (Fsp3) is 0.417. The molecule has 1 saturated heterocycles. The van der Waals surface area contributed by atoms with Crippen molar-refractivity contribution < 1.29 is 13.2 Å². The molecule has 106 valence electrons. The van der Waals surface area contributed by atoms with Gasteiger partial charge in [0.1, 0.15) is 0 Å². The van der Waals surface area contributed by atoms with Crippen LogP contribution < -0.4 is 5.32 Å². The number of nitrogens with one attached hydrogen (secondary N) is 1. The number of Topliss-reactive ketones (excluding diaryl/α,β-unsaturated/α-hetero) is 1. The van der Waals surface area contributed by atoms with Gasteiger partial charge < -0.3 is 5.32 Å². The molecule has 1 fully saturated rings. The van der Waals surface area contributed by atoms with Crippen molar-refractivity contribution in [3.05, 3.63) is 29.8 Å². The SMILES string of the molecule is CC(=O)c1cccc(S(=O)(=O)N2CCNCC2)c1.Cl. The summed E-state index contributed by atoms with van der Waals surface area (Å²) in [6.45, 7) is 3.67. The van der Waals surface area contributed by atoms with E-state index in [1.807, 2.05) is 0 Å². The second-order valence-electron chi connectivity index (χ2n) is 4.24. The second kappa shape index (κ2) is 6.47. The van der Waals surface area contributed by atoms with Gasteiger partial charge in [-0.3, -0.25) is 4.79 Å².